The Morgan fingerprint density at radius 2 is 2.18 bits per heavy atom. The van der Waals surface area contributed by atoms with Gasteiger partial charge in [-0.2, -0.15) is 0 Å². The lowest BCUT2D eigenvalue weighted by molar-refractivity contribution is -0.163. The van der Waals surface area contributed by atoms with E-state index in [1.807, 2.05) is 19.2 Å². The van der Waals surface area contributed by atoms with Crippen LogP contribution in [0.2, 0.25) is 0 Å². The Morgan fingerprint density at radius 1 is 1.41 bits per heavy atom. The van der Waals surface area contributed by atoms with Gasteiger partial charge < -0.3 is 34.4 Å². The second-order valence-electron chi connectivity index (χ2n) is 11.2. The molecule has 1 aromatic rings. The van der Waals surface area contributed by atoms with Crippen molar-refractivity contribution in [2.24, 2.45) is 5.41 Å². The quantitative estimate of drug-likeness (QED) is 0.659. The smallest absolute Gasteiger partial charge is 0.414 e. The molecule has 1 spiro atoms. The first kappa shape index (κ1) is 23.5. The third-order valence-electron chi connectivity index (χ3n) is 8.40. The molecule has 4 atom stereocenters. The van der Waals surface area contributed by atoms with Crippen LogP contribution < -0.4 is 14.8 Å². The van der Waals surface area contributed by atoms with Crippen molar-refractivity contribution in [1.29, 1.82) is 0 Å². The second-order valence-corrected chi connectivity index (χ2v) is 11.2. The number of carbonyl (C=O) groups is 1. The number of amides is 1. The van der Waals surface area contributed by atoms with E-state index in [-0.39, 0.29) is 11.5 Å². The van der Waals surface area contributed by atoms with Gasteiger partial charge in [-0.3, -0.25) is 0 Å². The number of nitrogens with zero attached hydrogens (tertiary/aromatic N) is 2. The number of hydrogen-bond donors (Lipinski definition) is 2. The van der Waals surface area contributed by atoms with Gasteiger partial charge in [0.15, 0.2) is 17.6 Å². The summed E-state index contributed by atoms with van der Waals surface area (Å²) in [4.78, 5) is 17.0. The summed E-state index contributed by atoms with van der Waals surface area (Å²) >= 11 is 0. The number of benzene rings is 1. The van der Waals surface area contributed by atoms with Crippen molar-refractivity contribution in [3.05, 3.63) is 35.1 Å². The van der Waals surface area contributed by atoms with Gasteiger partial charge in [0.1, 0.15) is 5.76 Å². The number of likely N-dealkylation sites (tertiary alicyclic amines) is 1. The van der Waals surface area contributed by atoms with Crippen molar-refractivity contribution < 1.29 is 24.1 Å². The summed E-state index contributed by atoms with van der Waals surface area (Å²) in [6.45, 7) is 6.38. The zero-order chi connectivity index (χ0) is 24.5. The van der Waals surface area contributed by atoms with Crippen molar-refractivity contribution in [3.63, 3.8) is 0 Å². The summed E-state index contributed by atoms with van der Waals surface area (Å²) in [5.74, 6) is 1.82. The molecule has 1 amide bonds. The molecule has 0 radical (unpaired) electrons. The third-order valence-corrected chi connectivity index (χ3v) is 8.40. The number of carbonyl (C=O) groups excluding carboxylic acids is 1. The Bertz CT molecular complexity index is 1040. The highest BCUT2D eigenvalue weighted by molar-refractivity contribution is 5.70. The average molecular weight is 472 g/mol. The number of aliphatic hydroxyl groups is 1. The molecule has 2 aliphatic carbocycles. The van der Waals surface area contributed by atoms with E-state index < -0.39 is 23.2 Å². The number of piperidine rings is 1. The zero-order valence-electron chi connectivity index (χ0n) is 21.1. The molecule has 1 saturated heterocycles. The summed E-state index contributed by atoms with van der Waals surface area (Å²) in [7, 11) is 7.38. The van der Waals surface area contributed by atoms with Crippen LogP contribution in [0.3, 0.4) is 0 Å². The standard InChI is InChI=1S/C26H37N3O5/c1-24(2,14-27-3)15-29(5)23(30)33-18-9-10-26(31)19-13-16-7-8-17(32-6)21-20(16)25(26,22(18)34-21)11-12-28(19)4/h7-9,19,22,27,31H,10-15H2,1-6H3/t19-,22+,25+,26-/m1/s1. The van der Waals surface area contributed by atoms with Crippen LogP contribution in [0.1, 0.15) is 37.8 Å². The first-order valence-corrected chi connectivity index (χ1v) is 12.2. The first-order chi connectivity index (χ1) is 16.1. The Kier molecular flexibility index (Phi) is 5.42. The van der Waals surface area contributed by atoms with Crippen LogP contribution in [0.25, 0.3) is 0 Å². The van der Waals surface area contributed by atoms with Crippen LogP contribution in [0.5, 0.6) is 11.5 Å². The van der Waals surface area contributed by atoms with Gasteiger partial charge in [-0.15, -0.1) is 0 Å². The topological polar surface area (TPSA) is 83.5 Å². The Labute approximate surface area is 201 Å². The molecular weight excluding hydrogens is 434 g/mol. The molecule has 4 aliphatic rings. The average Bonchev–Trinajstić information content (AvgIpc) is 3.13. The highest BCUT2D eigenvalue weighted by Crippen LogP contribution is 2.65. The van der Waals surface area contributed by atoms with Gasteiger partial charge in [0.05, 0.1) is 18.1 Å². The Balaban J connectivity index is 1.51. The summed E-state index contributed by atoms with van der Waals surface area (Å²) < 4.78 is 18.2. The van der Waals surface area contributed by atoms with Crippen molar-refractivity contribution >= 4 is 6.09 Å². The molecule has 2 N–H and O–H groups in total. The molecule has 186 valence electrons. The summed E-state index contributed by atoms with van der Waals surface area (Å²) in [5, 5.41) is 15.4. The predicted molar refractivity (Wildman–Crippen MR) is 128 cm³/mol. The van der Waals surface area contributed by atoms with E-state index in [0.717, 1.165) is 25.1 Å². The number of nitrogens with one attached hydrogen (secondary N) is 1. The lowest BCUT2D eigenvalue weighted by Crippen LogP contribution is -2.74. The molecule has 34 heavy (non-hydrogen) atoms. The van der Waals surface area contributed by atoms with Gasteiger partial charge in [0.25, 0.3) is 0 Å². The van der Waals surface area contributed by atoms with Crippen molar-refractivity contribution in [3.8, 4) is 11.5 Å². The largest absolute Gasteiger partial charge is 0.493 e. The molecule has 2 bridgehead atoms. The number of hydrogen-bond acceptors (Lipinski definition) is 7. The van der Waals surface area contributed by atoms with Crippen LogP contribution in [0.4, 0.5) is 4.79 Å². The fourth-order valence-corrected chi connectivity index (χ4v) is 7.01. The maximum atomic E-state index is 13.1. The minimum Gasteiger partial charge on any atom is -0.493 e. The van der Waals surface area contributed by atoms with Gasteiger partial charge in [-0.05, 0) is 56.6 Å². The predicted octanol–water partition coefficient (Wildman–Crippen LogP) is 2.29. The van der Waals surface area contributed by atoms with Gasteiger partial charge in [0, 0.05) is 38.2 Å². The fourth-order valence-electron chi connectivity index (χ4n) is 7.01. The minimum atomic E-state index is -1.01. The third kappa shape index (κ3) is 3.11. The summed E-state index contributed by atoms with van der Waals surface area (Å²) in [6, 6.07) is 4.01. The SMILES string of the molecule is CNCC(C)(C)CN(C)C(=O)OC1=CC[C@@]2(O)[C@H]3Cc4ccc(OC)c5c4[C@@]2(CCN3C)[C@H]1O5. The molecule has 2 aliphatic heterocycles. The highest BCUT2D eigenvalue weighted by atomic mass is 16.6. The molecule has 5 rings (SSSR count). The molecule has 8 heteroatoms. The number of ether oxygens (including phenoxy) is 3. The number of rotatable bonds is 6. The van der Waals surface area contributed by atoms with E-state index in [0.29, 0.717) is 36.6 Å². The van der Waals surface area contributed by atoms with E-state index in [1.54, 1.807) is 19.1 Å². The van der Waals surface area contributed by atoms with Crippen molar-refractivity contribution in [1.82, 2.24) is 15.1 Å². The summed E-state index contributed by atoms with van der Waals surface area (Å²) in [6.07, 6.45) is 2.76. The molecule has 0 saturated carbocycles. The van der Waals surface area contributed by atoms with Crippen LogP contribution in [-0.2, 0) is 16.6 Å². The van der Waals surface area contributed by atoms with Crippen LogP contribution in [-0.4, -0.2) is 86.6 Å². The molecule has 2 heterocycles. The molecule has 1 aromatic carbocycles. The van der Waals surface area contributed by atoms with Crippen molar-refractivity contribution in [2.45, 2.75) is 56.3 Å². The van der Waals surface area contributed by atoms with E-state index in [9.17, 15) is 9.90 Å². The van der Waals surface area contributed by atoms with Gasteiger partial charge in [-0.1, -0.05) is 19.9 Å². The van der Waals surface area contributed by atoms with Crippen LogP contribution in [0.15, 0.2) is 24.0 Å². The van der Waals surface area contributed by atoms with Crippen LogP contribution >= 0.6 is 0 Å². The monoisotopic (exact) mass is 471 g/mol. The van der Waals surface area contributed by atoms with Crippen molar-refractivity contribution in [2.75, 3.05) is 47.9 Å². The second kappa shape index (κ2) is 7.86. The molecular formula is C26H37N3O5. The van der Waals surface area contributed by atoms with E-state index in [4.69, 9.17) is 14.2 Å². The molecule has 1 fully saturated rings. The van der Waals surface area contributed by atoms with Gasteiger partial charge in [-0.25, -0.2) is 4.79 Å². The van der Waals surface area contributed by atoms with E-state index in [2.05, 4.69) is 37.2 Å². The fraction of sp³-hybridized carbons (Fsp3) is 0.654. The van der Waals surface area contributed by atoms with E-state index in [1.165, 1.54) is 5.56 Å². The Morgan fingerprint density at radius 3 is 2.88 bits per heavy atom. The molecule has 0 unspecified atom stereocenters. The van der Waals surface area contributed by atoms with Gasteiger partial charge in [0.2, 0.25) is 0 Å². The lowest BCUT2D eigenvalue weighted by Gasteiger charge is -2.61. The van der Waals surface area contributed by atoms with Gasteiger partial charge >= 0.3 is 6.09 Å². The van der Waals surface area contributed by atoms with E-state index >= 15 is 0 Å². The molecule has 8 nitrogen and oxygen atoms in total. The highest BCUT2D eigenvalue weighted by Gasteiger charge is 2.72. The van der Waals surface area contributed by atoms with Crippen LogP contribution in [0, 0.1) is 5.41 Å². The minimum absolute atomic E-state index is 0.0299. The lowest BCUT2D eigenvalue weighted by atomic mass is 9.50. The normalized spacial score (nSPS) is 31.3. The number of methoxy groups -OCH3 is 1. The zero-order valence-corrected chi connectivity index (χ0v) is 21.1. The summed E-state index contributed by atoms with van der Waals surface area (Å²) in [5.41, 5.74) is 0.434. The maximum absolute atomic E-state index is 13.1. The maximum Gasteiger partial charge on any atom is 0.414 e. The molecule has 0 aromatic heterocycles. The first-order valence-electron chi connectivity index (χ1n) is 12.2. The Hall–Kier alpha value is -2.29. The number of likely N-dealkylation sites (N-methyl/N-ethyl adjacent to an activating group) is 1.